The third-order valence-electron chi connectivity index (χ3n) is 5.20. The molecule has 1 fully saturated rings. The topological polar surface area (TPSA) is 78.9 Å². The number of nitrogens with one attached hydrogen (secondary N) is 2. The van der Waals surface area contributed by atoms with E-state index in [-0.39, 0.29) is 11.2 Å². The fourth-order valence-corrected chi connectivity index (χ4v) is 3.54. The Hall–Kier alpha value is -2.38. The molecule has 0 saturated carbocycles. The maximum atomic E-state index is 12.4. The molecule has 4 N–H and O–H groups in total. The highest BCUT2D eigenvalue weighted by atomic mass is 16.2. The van der Waals surface area contributed by atoms with Crippen LogP contribution in [0.25, 0.3) is 0 Å². The van der Waals surface area contributed by atoms with E-state index in [0.29, 0.717) is 17.9 Å². The number of quaternary nitrogens is 2. The molecule has 2 heterocycles. The van der Waals surface area contributed by atoms with Gasteiger partial charge in [0.1, 0.15) is 50.6 Å². The lowest BCUT2D eigenvalue weighted by Crippen LogP contribution is -3.27. The number of aromatic nitrogens is 2. The second-order valence-electron chi connectivity index (χ2n) is 6.91. The van der Waals surface area contributed by atoms with Crippen molar-refractivity contribution in [2.45, 2.75) is 13.1 Å². The molecular weight excluding hydrogens is 318 g/mol. The van der Waals surface area contributed by atoms with Crippen LogP contribution in [0.4, 0.5) is 5.82 Å². The Balaban J connectivity index is 1.65. The molecule has 25 heavy (non-hydrogen) atoms. The lowest BCUT2D eigenvalue weighted by atomic mass is 10.2. The zero-order chi connectivity index (χ0) is 18.0. The van der Waals surface area contributed by atoms with Gasteiger partial charge in [-0.15, -0.1) is 0 Å². The standard InChI is InChI=1S/C18H25N5O2/c1-20-16(19)15(17(24)21(2)18(20)25)13-23-10-8-22(9-11-23)12-14-6-4-3-5-7-14/h3-7H,8-13,19H2,1-2H3/p+2. The number of nitrogen functional groups attached to an aromatic ring is 1. The smallest absolute Gasteiger partial charge is 0.332 e. The summed E-state index contributed by atoms with van der Waals surface area (Å²) in [6.45, 7) is 5.73. The summed E-state index contributed by atoms with van der Waals surface area (Å²) in [5, 5.41) is 0. The van der Waals surface area contributed by atoms with Gasteiger partial charge in [-0.2, -0.15) is 0 Å². The SMILES string of the molecule is Cn1c(N)c(C[NH+]2CC[NH+](Cc3ccccc3)CC2)c(=O)n(C)c1=O. The summed E-state index contributed by atoms with van der Waals surface area (Å²) in [4.78, 5) is 27.2. The first-order valence-corrected chi connectivity index (χ1v) is 8.72. The number of benzene rings is 1. The van der Waals surface area contributed by atoms with Crippen LogP contribution in [0, 0.1) is 0 Å². The molecule has 0 spiro atoms. The predicted octanol–water partition coefficient (Wildman–Crippen LogP) is -2.85. The Morgan fingerprint density at radius 1 is 0.920 bits per heavy atom. The van der Waals surface area contributed by atoms with Crippen molar-refractivity contribution in [2.24, 2.45) is 14.1 Å². The summed E-state index contributed by atoms with van der Waals surface area (Å²) < 4.78 is 2.50. The number of anilines is 1. The maximum absolute atomic E-state index is 12.4. The molecular formula is C18H27N5O2+2. The van der Waals surface area contributed by atoms with Crippen LogP contribution in [0.5, 0.6) is 0 Å². The van der Waals surface area contributed by atoms with E-state index in [1.54, 1.807) is 11.9 Å². The highest BCUT2D eigenvalue weighted by Crippen LogP contribution is 2.00. The van der Waals surface area contributed by atoms with Gasteiger partial charge in [-0.1, -0.05) is 30.3 Å². The van der Waals surface area contributed by atoms with Gasteiger partial charge in [-0.3, -0.25) is 13.9 Å². The summed E-state index contributed by atoms with van der Waals surface area (Å²) in [5.41, 5.74) is 7.29. The quantitative estimate of drug-likeness (QED) is 0.558. The van der Waals surface area contributed by atoms with Crippen molar-refractivity contribution in [3.63, 3.8) is 0 Å². The van der Waals surface area contributed by atoms with Gasteiger partial charge < -0.3 is 15.5 Å². The van der Waals surface area contributed by atoms with Gasteiger partial charge in [0.05, 0.1) is 0 Å². The third kappa shape index (κ3) is 3.67. The molecule has 1 saturated heterocycles. The van der Waals surface area contributed by atoms with Crippen molar-refractivity contribution in [1.82, 2.24) is 9.13 Å². The fourth-order valence-electron chi connectivity index (χ4n) is 3.54. The van der Waals surface area contributed by atoms with Crippen molar-refractivity contribution >= 4 is 5.82 Å². The zero-order valence-corrected chi connectivity index (χ0v) is 14.9. The van der Waals surface area contributed by atoms with Gasteiger partial charge >= 0.3 is 5.69 Å². The van der Waals surface area contributed by atoms with Crippen molar-refractivity contribution in [3.05, 3.63) is 62.3 Å². The molecule has 1 aliphatic rings. The van der Waals surface area contributed by atoms with Crippen molar-refractivity contribution in [2.75, 3.05) is 31.9 Å². The molecule has 134 valence electrons. The van der Waals surface area contributed by atoms with Gasteiger partial charge in [0, 0.05) is 19.7 Å². The average molecular weight is 345 g/mol. The predicted molar refractivity (Wildman–Crippen MR) is 96.6 cm³/mol. The Morgan fingerprint density at radius 2 is 1.48 bits per heavy atom. The average Bonchev–Trinajstić information content (AvgIpc) is 2.64. The number of nitrogens with two attached hydrogens (primary N) is 1. The molecule has 0 bridgehead atoms. The second-order valence-corrected chi connectivity index (χ2v) is 6.91. The van der Waals surface area contributed by atoms with Crippen LogP contribution in [0.15, 0.2) is 39.9 Å². The van der Waals surface area contributed by atoms with Crippen LogP contribution >= 0.6 is 0 Å². The zero-order valence-electron chi connectivity index (χ0n) is 14.9. The molecule has 1 aliphatic heterocycles. The van der Waals surface area contributed by atoms with Gasteiger partial charge in [-0.05, 0) is 0 Å². The van der Waals surface area contributed by atoms with E-state index in [2.05, 4.69) is 24.3 Å². The number of hydrogen-bond donors (Lipinski definition) is 3. The van der Waals surface area contributed by atoms with Crippen LogP contribution in [0.2, 0.25) is 0 Å². The van der Waals surface area contributed by atoms with Crippen molar-refractivity contribution in [1.29, 1.82) is 0 Å². The number of rotatable bonds is 4. The number of piperazine rings is 1. The minimum absolute atomic E-state index is 0.271. The Bertz CT molecular complexity index is 848. The van der Waals surface area contributed by atoms with E-state index >= 15 is 0 Å². The van der Waals surface area contributed by atoms with E-state index in [1.807, 2.05) is 6.07 Å². The molecule has 0 radical (unpaired) electrons. The molecule has 0 unspecified atom stereocenters. The first kappa shape index (κ1) is 17.4. The van der Waals surface area contributed by atoms with Crippen LogP contribution in [0.3, 0.4) is 0 Å². The molecule has 3 rings (SSSR count). The first-order valence-electron chi connectivity index (χ1n) is 8.72. The van der Waals surface area contributed by atoms with Crippen LogP contribution in [-0.4, -0.2) is 35.3 Å². The number of hydrogen-bond acceptors (Lipinski definition) is 3. The van der Waals surface area contributed by atoms with Crippen molar-refractivity contribution < 1.29 is 9.80 Å². The third-order valence-corrected chi connectivity index (χ3v) is 5.20. The molecule has 0 aliphatic carbocycles. The van der Waals surface area contributed by atoms with Crippen LogP contribution in [0.1, 0.15) is 11.1 Å². The number of nitrogens with zero attached hydrogens (tertiary/aromatic N) is 2. The van der Waals surface area contributed by atoms with Gasteiger partial charge in [-0.25, -0.2) is 4.79 Å². The molecule has 0 amide bonds. The molecule has 0 atom stereocenters. The molecule has 2 aromatic rings. The normalized spacial score (nSPS) is 20.6. The Kier molecular flexibility index (Phi) is 5.06. The maximum Gasteiger partial charge on any atom is 0.332 e. The molecule has 1 aromatic heterocycles. The first-order chi connectivity index (χ1) is 12.0. The molecule has 7 nitrogen and oxygen atoms in total. The van der Waals surface area contributed by atoms with Crippen molar-refractivity contribution in [3.8, 4) is 0 Å². The lowest BCUT2D eigenvalue weighted by Gasteiger charge is -2.30. The van der Waals surface area contributed by atoms with E-state index in [0.717, 1.165) is 37.3 Å². The van der Waals surface area contributed by atoms with E-state index in [1.165, 1.54) is 22.1 Å². The highest BCUT2D eigenvalue weighted by Gasteiger charge is 2.25. The summed E-state index contributed by atoms with van der Waals surface area (Å²) in [6, 6.07) is 10.5. The summed E-state index contributed by atoms with van der Waals surface area (Å²) in [5.74, 6) is 0.291. The van der Waals surface area contributed by atoms with Gasteiger partial charge in [0.25, 0.3) is 5.56 Å². The van der Waals surface area contributed by atoms with Gasteiger partial charge in [0.2, 0.25) is 0 Å². The van der Waals surface area contributed by atoms with Crippen LogP contribution in [-0.2, 0) is 27.2 Å². The van der Waals surface area contributed by atoms with E-state index in [4.69, 9.17) is 5.73 Å². The molecule has 1 aromatic carbocycles. The Morgan fingerprint density at radius 3 is 2.08 bits per heavy atom. The fraction of sp³-hybridized carbons (Fsp3) is 0.444. The van der Waals surface area contributed by atoms with Gasteiger partial charge in [0.15, 0.2) is 0 Å². The largest absolute Gasteiger partial charge is 0.384 e. The Labute approximate surface area is 146 Å². The summed E-state index contributed by atoms with van der Waals surface area (Å²) in [7, 11) is 3.11. The summed E-state index contributed by atoms with van der Waals surface area (Å²) in [6.07, 6.45) is 0. The molecule has 7 heteroatoms. The van der Waals surface area contributed by atoms with E-state index < -0.39 is 0 Å². The lowest BCUT2D eigenvalue weighted by molar-refractivity contribution is -1.02. The minimum Gasteiger partial charge on any atom is -0.384 e. The van der Waals surface area contributed by atoms with Crippen LogP contribution < -0.4 is 26.8 Å². The summed E-state index contributed by atoms with van der Waals surface area (Å²) >= 11 is 0. The minimum atomic E-state index is -0.377. The monoisotopic (exact) mass is 345 g/mol. The highest BCUT2D eigenvalue weighted by molar-refractivity contribution is 5.37. The van der Waals surface area contributed by atoms with E-state index in [9.17, 15) is 9.59 Å². The second kappa shape index (κ2) is 7.25.